The van der Waals surface area contributed by atoms with E-state index >= 15 is 0 Å². The molecular weight excluding hydrogens is 268 g/mol. The van der Waals surface area contributed by atoms with Crippen LogP contribution in [0, 0.1) is 4.77 Å². The summed E-state index contributed by atoms with van der Waals surface area (Å²) in [7, 11) is 0. The highest BCUT2D eigenvalue weighted by Crippen LogP contribution is 2.21. The Labute approximate surface area is 92.5 Å². The third-order valence-corrected chi connectivity index (χ3v) is 2.11. The third-order valence-electron chi connectivity index (χ3n) is 1.51. The van der Waals surface area contributed by atoms with Gasteiger partial charge < -0.3 is 15.1 Å². The molecule has 72 valence electrons. The van der Waals surface area contributed by atoms with E-state index in [4.69, 9.17) is 22.4 Å². The van der Waals surface area contributed by atoms with E-state index in [0.717, 1.165) is 5.56 Å². The summed E-state index contributed by atoms with van der Waals surface area (Å²) < 4.78 is 5.88. The number of halogens is 1. The largest absolute Gasteiger partial charge is 0.457 e. The summed E-state index contributed by atoms with van der Waals surface area (Å²) >= 11 is 8.01. The smallest absolute Gasteiger partial charge is 0.224 e. The molecule has 5 nitrogen and oxygen atoms in total. The molecule has 0 aliphatic carbocycles. The molecule has 0 aliphatic rings. The van der Waals surface area contributed by atoms with E-state index in [-0.39, 0.29) is 10.7 Å². The topological polar surface area (TPSA) is 80.7 Å². The Hall–Kier alpha value is -1.21. The van der Waals surface area contributed by atoms with Crippen molar-refractivity contribution in [3.63, 3.8) is 0 Å². The van der Waals surface area contributed by atoms with Crippen molar-refractivity contribution in [1.82, 2.24) is 15.0 Å². The predicted octanol–water partition coefficient (Wildman–Crippen LogP) is 2.14. The van der Waals surface area contributed by atoms with E-state index in [1.807, 2.05) is 0 Å². The van der Waals surface area contributed by atoms with Crippen LogP contribution in [-0.2, 0) is 0 Å². The molecule has 0 amide bonds. The lowest BCUT2D eigenvalue weighted by atomic mass is 10.3. The van der Waals surface area contributed by atoms with Crippen LogP contribution in [0.25, 0.3) is 11.4 Å². The quantitative estimate of drug-likeness (QED) is 0.778. The van der Waals surface area contributed by atoms with Gasteiger partial charge in [-0.2, -0.15) is 4.98 Å². The maximum absolute atomic E-state index is 5.49. The van der Waals surface area contributed by atoms with Gasteiger partial charge in [0.15, 0.2) is 4.67 Å². The number of aromatic nitrogens is 3. The first-order chi connectivity index (χ1) is 6.65. The predicted molar refractivity (Wildman–Crippen MR) is 57.0 cm³/mol. The molecule has 2 aromatic heterocycles. The van der Waals surface area contributed by atoms with Gasteiger partial charge in [0.25, 0.3) is 0 Å². The molecule has 2 aromatic rings. The zero-order valence-corrected chi connectivity index (χ0v) is 9.22. The van der Waals surface area contributed by atoms with Crippen molar-refractivity contribution in [2.45, 2.75) is 0 Å². The average Bonchev–Trinajstić information content (AvgIpc) is 2.50. The molecule has 0 fully saturated rings. The highest BCUT2D eigenvalue weighted by molar-refractivity contribution is 9.10. The van der Waals surface area contributed by atoms with Gasteiger partial charge in [-0.3, -0.25) is 0 Å². The number of nitrogens with zero attached hydrogens (tertiary/aromatic N) is 2. The number of rotatable bonds is 1. The molecule has 14 heavy (non-hydrogen) atoms. The fourth-order valence-electron chi connectivity index (χ4n) is 0.972. The van der Waals surface area contributed by atoms with Crippen molar-refractivity contribution >= 4 is 34.1 Å². The molecule has 0 spiro atoms. The molecule has 0 saturated carbocycles. The number of hydrogen-bond acceptors (Lipinski definition) is 5. The summed E-state index contributed by atoms with van der Waals surface area (Å²) in [6.45, 7) is 0. The summed E-state index contributed by atoms with van der Waals surface area (Å²) in [5.74, 6) is 0.772. The molecule has 0 aromatic carbocycles. The van der Waals surface area contributed by atoms with E-state index in [9.17, 15) is 0 Å². The van der Waals surface area contributed by atoms with Gasteiger partial charge in [0, 0.05) is 6.07 Å². The minimum absolute atomic E-state index is 0.202. The summed E-state index contributed by atoms with van der Waals surface area (Å²) in [4.78, 5) is 10.5. The number of aromatic amines is 1. The first-order valence-electron chi connectivity index (χ1n) is 3.63. The Morgan fingerprint density at radius 1 is 1.50 bits per heavy atom. The van der Waals surface area contributed by atoms with E-state index in [1.54, 1.807) is 6.07 Å². The molecule has 0 aliphatic heterocycles. The molecule has 3 N–H and O–H groups in total. The van der Waals surface area contributed by atoms with Gasteiger partial charge in [-0.05, 0) is 28.1 Å². The number of anilines is 1. The van der Waals surface area contributed by atoms with Crippen LogP contribution < -0.4 is 5.73 Å². The Morgan fingerprint density at radius 2 is 2.29 bits per heavy atom. The second-order valence-corrected chi connectivity index (χ2v) is 3.65. The molecular formula is C7H5BrN4OS. The zero-order chi connectivity index (χ0) is 10.1. The minimum atomic E-state index is 0.202. The minimum Gasteiger partial charge on any atom is -0.457 e. The highest BCUT2D eigenvalue weighted by Gasteiger charge is 2.05. The van der Waals surface area contributed by atoms with Gasteiger partial charge in [0.05, 0.1) is 5.56 Å². The maximum atomic E-state index is 5.49. The van der Waals surface area contributed by atoms with Crippen LogP contribution in [0.1, 0.15) is 0 Å². The Bertz CT molecular complexity index is 520. The Balaban J connectivity index is 2.56. The molecule has 0 radical (unpaired) electrons. The SMILES string of the molecule is Nc1nc(=S)nc(-c2coc(Br)c2)[nH]1. The Kier molecular flexibility index (Phi) is 2.34. The fourth-order valence-corrected chi connectivity index (χ4v) is 1.50. The van der Waals surface area contributed by atoms with Gasteiger partial charge in [0.2, 0.25) is 10.7 Å². The Morgan fingerprint density at radius 3 is 2.86 bits per heavy atom. The van der Waals surface area contributed by atoms with Crippen LogP contribution in [-0.4, -0.2) is 15.0 Å². The van der Waals surface area contributed by atoms with Crippen LogP contribution in [0.4, 0.5) is 5.95 Å². The second-order valence-electron chi connectivity index (χ2n) is 2.50. The molecule has 0 saturated heterocycles. The van der Waals surface area contributed by atoms with Gasteiger partial charge in [-0.25, -0.2) is 4.98 Å². The van der Waals surface area contributed by atoms with E-state index in [1.165, 1.54) is 6.26 Å². The van der Waals surface area contributed by atoms with Crippen LogP contribution in [0.15, 0.2) is 21.4 Å². The molecule has 7 heteroatoms. The maximum Gasteiger partial charge on any atom is 0.224 e. The summed E-state index contributed by atoms with van der Waals surface area (Å²) in [5, 5.41) is 0. The normalized spacial score (nSPS) is 10.4. The lowest BCUT2D eigenvalue weighted by Crippen LogP contribution is -1.99. The second kappa shape index (κ2) is 3.50. The van der Waals surface area contributed by atoms with Gasteiger partial charge in [0.1, 0.15) is 12.1 Å². The van der Waals surface area contributed by atoms with E-state index < -0.39 is 0 Å². The van der Waals surface area contributed by atoms with E-state index in [2.05, 4.69) is 30.9 Å². The monoisotopic (exact) mass is 272 g/mol. The third kappa shape index (κ3) is 1.83. The van der Waals surface area contributed by atoms with Crippen molar-refractivity contribution in [3.05, 3.63) is 21.8 Å². The van der Waals surface area contributed by atoms with Gasteiger partial charge in [-0.1, -0.05) is 0 Å². The summed E-state index contributed by atoms with van der Waals surface area (Å²) in [6, 6.07) is 1.76. The molecule has 2 rings (SSSR count). The lowest BCUT2D eigenvalue weighted by molar-refractivity contribution is 0.541. The number of nitrogens with two attached hydrogens (primary N) is 1. The van der Waals surface area contributed by atoms with Crippen molar-refractivity contribution in [1.29, 1.82) is 0 Å². The average molecular weight is 273 g/mol. The van der Waals surface area contributed by atoms with Crippen molar-refractivity contribution < 1.29 is 4.42 Å². The van der Waals surface area contributed by atoms with Crippen LogP contribution in [0.2, 0.25) is 0 Å². The highest BCUT2D eigenvalue weighted by atomic mass is 79.9. The van der Waals surface area contributed by atoms with Gasteiger partial charge in [-0.15, -0.1) is 0 Å². The first kappa shape index (κ1) is 9.35. The molecule has 2 heterocycles. The van der Waals surface area contributed by atoms with Crippen LogP contribution in [0.5, 0.6) is 0 Å². The number of hydrogen-bond donors (Lipinski definition) is 2. The number of furan rings is 1. The fraction of sp³-hybridized carbons (Fsp3) is 0. The zero-order valence-electron chi connectivity index (χ0n) is 6.82. The van der Waals surface area contributed by atoms with Crippen molar-refractivity contribution in [3.8, 4) is 11.4 Å². The van der Waals surface area contributed by atoms with Crippen LogP contribution >= 0.6 is 28.1 Å². The summed E-state index contributed by atoms with van der Waals surface area (Å²) in [6.07, 6.45) is 1.54. The molecule has 0 unspecified atom stereocenters. The number of nitrogen functional groups attached to an aromatic ring is 1. The molecule has 0 bridgehead atoms. The van der Waals surface area contributed by atoms with Crippen molar-refractivity contribution in [2.75, 3.05) is 5.73 Å². The van der Waals surface area contributed by atoms with Crippen molar-refractivity contribution in [2.24, 2.45) is 0 Å². The standard InChI is InChI=1S/C7H5BrN4OS/c8-4-1-3(2-13-4)5-10-6(9)12-7(14)11-5/h1-2H,(H3,9,10,11,12,14). The van der Waals surface area contributed by atoms with Gasteiger partial charge >= 0.3 is 0 Å². The summed E-state index contributed by atoms with van der Waals surface area (Å²) in [5.41, 5.74) is 6.25. The number of nitrogens with one attached hydrogen (secondary N) is 1. The molecule has 0 atom stereocenters. The number of H-pyrrole nitrogens is 1. The first-order valence-corrected chi connectivity index (χ1v) is 4.83. The van der Waals surface area contributed by atoms with E-state index in [0.29, 0.717) is 10.5 Å². The lowest BCUT2D eigenvalue weighted by Gasteiger charge is -1.97. The van der Waals surface area contributed by atoms with Crippen LogP contribution in [0.3, 0.4) is 0 Å².